The Labute approximate surface area is 180 Å². The Morgan fingerprint density at radius 2 is 2.07 bits per heavy atom. The van der Waals surface area contributed by atoms with E-state index in [9.17, 15) is 9.59 Å². The van der Waals surface area contributed by atoms with Crippen molar-refractivity contribution < 1.29 is 14.3 Å². The number of rotatable bonds is 5. The van der Waals surface area contributed by atoms with Gasteiger partial charge in [0, 0.05) is 17.0 Å². The van der Waals surface area contributed by atoms with E-state index in [2.05, 4.69) is 15.7 Å². The van der Waals surface area contributed by atoms with Crippen LogP contribution in [0.5, 0.6) is 0 Å². The zero-order valence-electron chi connectivity index (χ0n) is 17.4. The van der Waals surface area contributed by atoms with Crippen LogP contribution >= 0.6 is 11.3 Å². The van der Waals surface area contributed by atoms with Crippen LogP contribution in [0.3, 0.4) is 0 Å². The van der Waals surface area contributed by atoms with Gasteiger partial charge in [-0.15, -0.1) is 11.3 Å². The smallest absolute Gasteiger partial charge is 0.341 e. The Morgan fingerprint density at radius 3 is 2.80 bits per heavy atom. The molecule has 0 saturated heterocycles. The number of methoxy groups -OCH3 is 1. The maximum Gasteiger partial charge on any atom is 0.341 e. The van der Waals surface area contributed by atoms with Crippen molar-refractivity contribution >= 4 is 29.0 Å². The second-order valence-corrected chi connectivity index (χ2v) is 8.81. The molecule has 1 saturated carbocycles. The summed E-state index contributed by atoms with van der Waals surface area (Å²) < 4.78 is 4.86. The molecule has 2 heterocycles. The van der Waals surface area contributed by atoms with Gasteiger partial charge in [-0.1, -0.05) is 38.3 Å². The Morgan fingerprint density at radius 1 is 1.27 bits per heavy atom. The molecule has 6 nitrogen and oxygen atoms in total. The number of carbonyl (C=O) groups excluding carboxylic acids is 2. The first-order valence-corrected chi connectivity index (χ1v) is 11.5. The number of amides is 2. The topological polar surface area (TPSA) is 80.7 Å². The zero-order valence-corrected chi connectivity index (χ0v) is 18.2. The summed E-state index contributed by atoms with van der Waals surface area (Å²) in [7, 11) is 1.37. The third kappa shape index (κ3) is 4.17. The van der Waals surface area contributed by atoms with E-state index in [4.69, 9.17) is 9.72 Å². The van der Waals surface area contributed by atoms with Gasteiger partial charge in [-0.3, -0.25) is 0 Å². The van der Waals surface area contributed by atoms with Gasteiger partial charge in [-0.25, -0.2) is 19.6 Å². The summed E-state index contributed by atoms with van der Waals surface area (Å²) in [5.74, 6) is 0.00161. The molecule has 30 heavy (non-hydrogen) atoms. The number of thiazole rings is 1. The maximum absolute atomic E-state index is 12.3. The number of aromatic nitrogens is 1. The normalized spacial score (nSPS) is 22.3. The molecule has 7 heteroatoms. The van der Waals surface area contributed by atoms with E-state index in [1.165, 1.54) is 44.9 Å². The molecule has 1 aromatic heterocycles. The SMILES string of the molecule is CCC1=NC(=O)NC(c2cccc(C(=O)OC)c2)C1c1nc(C2CCCCC2)cs1. The standard InChI is InChI=1S/C23H27N3O3S/c1-3-17-19(21-24-18(13-30-21)14-8-5-4-6-9-14)20(26-23(28)25-17)15-10-7-11-16(12-15)22(27)29-2/h7,10-14,19-20H,3-6,8-9H2,1-2H3,(H,26,28). The molecule has 2 aromatic rings. The molecule has 1 fully saturated rings. The summed E-state index contributed by atoms with van der Waals surface area (Å²) in [6.07, 6.45) is 6.91. The highest BCUT2D eigenvalue weighted by Crippen LogP contribution is 2.40. The van der Waals surface area contributed by atoms with Crippen molar-refractivity contribution in [2.45, 2.75) is 63.3 Å². The first-order chi connectivity index (χ1) is 14.6. The summed E-state index contributed by atoms with van der Waals surface area (Å²) in [5, 5.41) is 6.16. The van der Waals surface area contributed by atoms with E-state index in [-0.39, 0.29) is 18.0 Å². The molecule has 0 bridgehead atoms. The fourth-order valence-corrected chi connectivity index (χ4v) is 5.57. The van der Waals surface area contributed by atoms with Crippen molar-refractivity contribution in [1.29, 1.82) is 0 Å². The molecule has 1 aromatic carbocycles. The molecule has 1 N–H and O–H groups in total. The van der Waals surface area contributed by atoms with Crippen LogP contribution in [-0.2, 0) is 4.74 Å². The lowest BCUT2D eigenvalue weighted by Crippen LogP contribution is -2.39. The molecule has 0 spiro atoms. The minimum atomic E-state index is -0.395. The fraction of sp³-hybridized carbons (Fsp3) is 0.478. The van der Waals surface area contributed by atoms with Crippen molar-refractivity contribution in [3.63, 3.8) is 0 Å². The average Bonchev–Trinajstić information content (AvgIpc) is 3.28. The van der Waals surface area contributed by atoms with Crippen molar-refractivity contribution in [2.24, 2.45) is 4.99 Å². The minimum Gasteiger partial charge on any atom is -0.465 e. The number of nitrogens with zero attached hydrogens (tertiary/aromatic N) is 2. The lowest BCUT2D eigenvalue weighted by atomic mass is 9.85. The second kappa shape index (κ2) is 9.08. The monoisotopic (exact) mass is 425 g/mol. The summed E-state index contributed by atoms with van der Waals surface area (Å²) in [4.78, 5) is 33.6. The van der Waals surface area contributed by atoms with Crippen molar-refractivity contribution in [1.82, 2.24) is 10.3 Å². The first kappa shape index (κ1) is 20.7. The molecule has 2 amide bonds. The highest BCUT2D eigenvalue weighted by Gasteiger charge is 2.36. The van der Waals surface area contributed by atoms with Gasteiger partial charge in [-0.05, 0) is 37.0 Å². The van der Waals surface area contributed by atoms with Crippen LogP contribution < -0.4 is 5.32 Å². The van der Waals surface area contributed by atoms with E-state index in [1.54, 1.807) is 23.5 Å². The summed E-state index contributed by atoms with van der Waals surface area (Å²) in [6.45, 7) is 2.02. The molecule has 4 rings (SSSR count). The van der Waals surface area contributed by atoms with Crippen LogP contribution in [0.15, 0.2) is 34.6 Å². The Kier molecular flexibility index (Phi) is 6.27. The number of carbonyl (C=O) groups is 2. The molecule has 1 aliphatic heterocycles. The molecule has 2 atom stereocenters. The fourth-order valence-electron chi connectivity index (χ4n) is 4.51. The van der Waals surface area contributed by atoms with E-state index >= 15 is 0 Å². The first-order valence-electron chi connectivity index (χ1n) is 10.6. The van der Waals surface area contributed by atoms with E-state index < -0.39 is 5.97 Å². The number of urea groups is 1. The molecular weight excluding hydrogens is 398 g/mol. The predicted octanol–water partition coefficient (Wildman–Crippen LogP) is 5.38. The van der Waals surface area contributed by atoms with Crippen LogP contribution in [-0.4, -0.2) is 29.8 Å². The third-order valence-corrected chi connectivity index (χ3v) is 7.02. The van der Waals surface area contributed by atoms with E-state index in [0.29, 0.717) is 17.9 Å². The average molecular weight is 426 g/mol. The molecule has 158 valence electrons. The summed E-state index contributed by atoms with van der Waals surface area (Å²) >= 11 is 1.65. The highest BCUT2D eigenvalue weighted by molar-refractivity contribution is 7.09. The number of benzene rings is 1. The number of esters is 1. The van der Waals surface area contributed by atoms with Crippen LogP contribution in [0.4, 0.5) is 4.79 Å². The summed E-state index contributed by atoms with van der Waals surface area (Å²) in [6, 6.07) is 6.59. The number of hydrogen-bond donors (Lipinski definition) is 1. The van der Waals surface area contributed by atoms with Gasteiger partial charge >= 0.3 is 12.0 Å². The van der Waals surface area contributed by atoms with Crippen molar-refractivity contribution in [2.75, 3.05) is 7.11 Å². The Hall–Kier alpha value is -2.54. The van der Waals surface area contributed by atoms with Crippen LogP contribution in [0.1, 0.15) is 89.9 Å². The second-order valence-electron chi connectivity index (χ2n) is 7.92. The molecule has 0 radical (unpaired) electrons. The molecule has 2 unspecified atom stereocenters. The van der Waals surface area contributed by atoms with Gasteiger partial charge in [0.05, 0.1) is 30.3 Å². The molecule has 2 aliphatic rings. The number of hydrogen-bond acceptors (Lipinski definition) is 5. The van der Waals surface area contributed by atoms with E-state index in [1.807, 2.05) is 19.1 Å². The van der Waals surface area contributed by atoms with Gasteiger partial charge in [0.25, 0.3) is 0 Å². The summed E-state index contributed by atoms with van der Waals surface area (Å²) in [5.41, 5.74) is 3.32. The Balaban J connectivity index is 1.71. The van der Waals surface area contributed by atoms with Gasteiger partial charge in [0.2, 0.25) is 0 Å². The van der Waals surface area contributed by atoms with Crippen LogP contribution in [0.25, 0.3) is 0 Å². The highest BCUT2D eigenvalue weighted by atomic mass is 32.1. The van der Waals surface area contributed by atoms with Gasteiger partial charge in [0.15, 0.2) is 0 Å². The van der Waals surface area contributed by atoms with Crippen LogP contribution in [0, 0.1) is 0 Å². The quantitative estimate of drug-likeness (QED) is 0.653. The minimum absolute atomic E-state index is 0.136. The molecule has 1 aliphatic carbocycles. The number of aliphatic imine (C=N–C) groups is 1. The van der Waals surface area contributed by atoms with Crippen LogP contribution in [0.2, 0.25) is 0 Å². The molecular formula is C23H27N3O3S. The van der Waals surface area contributed by atoms with Gasteiger partial charge in [-0.2, -0.15) is 0 Å². The largest absolute Gasteiger partial charge is 0.465 e. The zero-order chi connectivity index (χ0) is 21.1. The maximum atomic E-state index is 12.3. The van der Waals surface area contributed by atoms with Crippen molar-refractivity contribution in [3.8, 4) is 0 Å². The lowest BCUT2D eigenvalue weighted by molar-refractivity contribution is 0.0600. The Bertz CT molecular complexity index is 962. The predicted molar refractivity (Wildman–Crippen MR) is 117 cm³/mol. The van der Waals surface area contributed by atoms with Gasteiger partial charge in [0.1, 0.15) is 5.01 Å². The third-order valence-electron chi connectivity index (χ3n) is 6.07. The van der Waals surface area contributed by atoms with E-state index in [0.717, 1.165) is 16.3 Å². The van der Waals surface area contributed by atoms with Crippen molar-refractivity contribution in [3.05, 3.63) is 51.5 Å². The number of ether oxygens (including phenoxy) is 1. The van der Waals surface area contributed by atoms with Gasteiger partial charge < -0.3 is 10.1 Å². The lowest BCUT2D eigenvalue weighted by Gasteiger charge is -2.31. The number of nitrogens with one attached hydrogen (secondary N) is 1.